The Bertz CT molecular complexity index is 780. The van der Waals surface area contributed by atoms with Gasteiger partial charge in [0.2, 0.25) is 0 Å². The van der Waals surface area contributed by atoms with E-state index >= 15 is 0 Å². The lowest BCUT2D eigenvalue weighted by Crippen LogP contribution is -1.92. The molecule has 3 rings (SSSR count). The van der Waals surface area contributed by atoms with Gasteiger partial charge in [0.1, 0.15) is 5.75 Å². The van der Waals surface area contributed by atoms with Gasteiger partial charge < -0.3 is 5.11 Å². The quantitative estimate of drug-likeness (QED) is 0.631. The van der Waals surface area contributed by atoms with E-state index in [-0.39, 0.29) is 5.75 Å². The van der Waals surface area contributed by atoms with Crippen molar-refractivity contribution in [2.75, 3.05) is 0 Å². The van der Waals surface area contributed by atoms with Gasteiger partial charge in [-0.15, -0.1) is 0 Å². The fraction of sp³-hybridized carbons (Fsp3) is 0.238. The van der Waals surface area contributed by atoms with Gasteiger partial charge >= 0.3 is 0 Å². The number of hydrogen-bond donors (Lipinski definition) is 1. The van der Waals surface area contributed by atoms with Crippen LogP contribution >= 0.6 is 0 Å². The number of unbranched alkanes of at least 4 members (excludes halogenated alkanes) is 2. The maximum atomic E-state index is 9.41. The van der Waals surface area contributed by atoms with Crippen molar-refractivity contribution in [3.63, 3.8) is 0 Å². The molecule has 0 spiro atoms. The maximum absolute atomic E-state index is 9.41. The van der Waals surface area contributed by atoms with Gasteiger partial charge in [-0.1, -0.05) is 44.0 Å². The first-order chi connectivity index (χ1) is 11.8. The fourth-order valence-electron chi connectivity index (χ4n) is 2.69. The van der Waals surface area contributed by atoms with Crippen LogP contribution in [0.4, 0.5) is 0 Å². The molecular weight excluding hydrogens is 296 g/mol. The summed E-state index contributed by atoms with van der Waals surface area (Å²) in [5, 5.41) is 9.41. The van der Waals surface area contributed by atoms with Gasteiger partial charge in [0.05, 0.1) is 5.69 Å². The van der Waals surface area contributed by atoms with E-state index in [2.05, 4.69) is 41.2 Å². The van der Waals surface area contributed by atoms with Gasteiger partial charge in [-0.05, 0) is 48.7 Å². The summed E-state index contributed by atoms with van der Waals surface area (Å²) < 4.78 is 0. The Kier molecular flexibility index (Phi) is 5.22. The van der Waals surface area contributed by atoms with Crippen molar-refractivity contribution < 1.29 is 5.11 Å². The largest absolute Gasteiger partial charge is 0.508 e. The van der Waals surface area contributed by atoms with E-state index in [1.165, 1.54) is 24.8 Å². The lowest BCUT2D eigenvalue weighted by atomic mass is 10.0. The number of aromatic nitrogens is 2. The molecule has 0 aliphatic rings. The third-order valence-corrected chi connectivity index (χ3v) is 4.10. The first-order valence-corrected chi connectivity index (χ1v) is 8.48. The Morgan fingerprint density at radius 2 is 1.54 bits per heavy atom. The van der Waals surface area contributed by atoms with Crippen molar-refractivity contribution in [3.05, 3.63) is 66.4 Å². The van der Waals surface area contributed by atoms with Crippen molar-refractivity contribution >= 4 is 0 Å². The summed E-state index contributed by atoms with van der Waals surface area (Å²) in [5.74, 6) is 0.979. The molecule has 0 amide bonds. The minimum atomic E-state index is 0.256. The highest BCUT2D eigenvalue weighted by molar-refractivity contribution is 5.64. The summed E-state index contributed by atoms with van der Waals surface area (Å²) in [4.78, 5) is 9.05. The molecule has 0 radical (unpaired) electrons. The van der Waals surface area contributed by atoms with Gasteiger partial charge in [0.25, 0.3) is 0 Å². The van der Waals surface area contributed by atoms with Gasteiger partial charge in [-0.3, -0.25) is 0 Å². The highest BCUT2D eigenvalue weighted by atomic mass is 16.3. The van der Waals surface area contributed by atoms with Gasteiger partial charge in [-0.2, -0.15) is 0 Å². The number of rotatable bonds is 6. The molecule has 0 saturated heterocycles. The lowest BCUT2D eigenvalue weighted by Gasteiger charge is -2.06. The Hall–Kier alpha value is -2.68. The van der Waals surface area contributed by atoms with Crippen molar-refractivity contribution in [2.24, 2.45) is 0 Å². The van der Waals surface area contributed by atoms with Crippen LogP contribution in [0.25, 0.3) is 22.6 Å². The van der Waals surface area contributed by atoms with Gasteiger partial charge in [0, 0.05) is 17.3 Å². The average Bonchev–Trinajstić information content (AvgIpc) is 2.63. The van der Waals surface area contributed by atoms with Crippen LogP contribution in [-0.4, -0.2) is 15.1 Å². The van der Waals surface area contributed by atoms with Crippen LogP contribution in [0.3, 0.4) is 0 Å². The molecule has 2 aromatic carbocycles. The first-order valence-electron chi connectivity index (χ1n) is 8.48. The molecule has 1 heterocycles. The third-order valence-electron chi connectivity index (χ3n) is 4.10. The molecule has 0 aliphatic carbocycles. The zero-order chi connectivity index (χ0) is 16.8. The zero-order valence-corrected chi connectivity index (χ0v) is 13.9. The van der Waals surface area contributed by atoms with E-state index in [1.807, 2.05) is 18.2 Å². The van der Waals surface area contributed by atoms with Crippen LogP contribution in [-0.2, 0) is 6.42 Å². The molecule has 0 bridgehead atoms. The van der Waals surface area contributed by atoms with E-state index < -0.39 is 0 Å². The summed E-state index contributed by atoms with van der Waals surface area (Å²) in [7, 11) is 0. The number of hydrogen-bond acceptors (Lipinski definition) is 3. The second-order valence-electron chi connectivity index (χ2n) is 5.97. The number of phenols is 1. The number of aromatic hydroxyl groups is 1. The molecule has 3 nitrogen and oxygen atoms in total. The Labute approximate surface area is 143 Å². The second-order valence-corrected chi connectivity index (χ2v) is 5.97. The van der Waals surface area contributed by atoms with Crippen LogP contribution in [0.15, 0.2) is 60.8 Å². The number of aryl methyl sites for hydroxylation is 1. The molecule has 1 aromatic heterocycles. The molecule has 0 fully saturated rings. The molecule has 0 saturated carbocycles. The average molecular weight is 318 g/mol. The van der Waals surface area contributed by atoms with E-state index in [0.29, 0.717) is 0 Å². The molecule has 3 heteroatoms. The normalized spacial score (nSPS) is 10.7. The molecule has 24 heavy (non-hydrogen) atoms. The highest BCUT2D eigenvalue weighted by Crippen LogP contribution is 2.23. The predicted octanol–water partition coefficient (Wildman–Crippen LogP) is 5.25. The lowest BCUT2D eigenvalue weighted by molar-refractivity contribution is 0.475. The molecule has 1 N–H and O–H groups in total. The van der Waals surface area contributed by atoms with E-state index in [1.54, 1.807) is 18.3 Å². The summed E-state index contributed by atoms with van der Waals surface area (Å²) in [5.41, 5.74) is 4.21. The minimum Gasteiger partial charge on any atom is -0.508 e. The Morgan fingerprint density at radius 3 is 2.25 bits per heavy atom. The fourth-order valence-corrected chi connectivity index (χ4v) is 2.69. The highest BCUT2D eigenvalue weighted by Gasteiger charge is 2.05. The first kappa shape index (κ1) is 16.2. The Balaban J connectivity index is 1.79. The van der Waals surface area contributed by atoms with Crippen molar-refractivity contribution in [2.45, 2.75) is 32.6 Å². The molecule has 0 atom stereocenters. The van der Waals surface area contributed by atoms with Crippen molar-refractivity contribution in [1.82, 2.24) is 9.97 Å². The van der Waals surface area contributed by atoms with E-state index in [4.69, 9.17) is 0 Å². The van der Waals surface area contributed by atoms with Crippen LogP contribution in [0.2, 0.25) is 0 Å². The SMILES string of the molecule is CCCCCc1ccc(-c2nccc(-c3ccc(O)cc3)n2)cc1. The molecule has 122 valence electrons. The summed E-state index contributed by atoms with van der Waals surface area (Å²) >= 11 is 0. The van der Waals surface area contributed by atoms with Gasteiger partial charge in [0.15, 0.2) is 5.82 Å². The summed E-state index contributed by atoms with van der Waals surface area (Å²) in [6.45, 7) is 2.22. The summed E-state index contributed by atoms with van der Waals surface area (Å²) in [6.07, 6.45) is 6.67. The van der Waals surface area contributed by atoms with E-state index in [0.717, 1.165) is 29.1 Å². The minimum absolute atomic E-state index is 0.256. The maximum Gasteiger partial charge on any atom is 0.159 e. The molecule has 0 aliphatic heterocycles. The third kappa shape index (κ3) is 3.99. The van der Waals surface area contributed by atoms with Crippen LogP contribution in [0, 0.1) is 0 Å². The molecular formula is C21H22N2O. The Morgan fingerprint density at radius 1 is 0.833 bits per heavy atom. The summed E-state index contributed by atoms with van der Waals surface area (Å²) in [6, 6.07) is 17.5. The van der Waals surface area contributed by atoms with E-state index in [9.17, 15) is 5.11 Å². The molecule has 0 unspecified atom stereocenters. The number of phenolic OH excluding ortho intramolecular Hbond substituents is 1. The topological polar surface area (TPSA) is 46.0 Å². The predicted molar refractivity (Wildman–Crippen MR) is 97.8 cm³/mol. The van der Waals surface area contributed by atoms with Crippen LogP contribution in [0.5, 0.6) is 5.75 Å². The zero-order valence-electron chi connectivity index (χ0n) is 13.9. The standard InChI is InChI=1S/C21H22N2O/c1-2-3-4-5-16-6-8-18(9-7-16)21-22-15-14-20(23-21)17-10-12-19(24)13-11-17/h6-15,24H,2-5H2,1H3. The smallest absolute Gasteiger partial charge is 0.159 e. The number of benzene rings is 2. The van der Waals surface area contributed by atoms with Crippen molar-refractivity contribution in [1.29, 1.82) is 0 Å². The van der Waals surface area contributed by atoms with Crippen LogP contribution in [0.1, 0.15) is 31.7 Å². The van der Waals surface area contributed by atoms with Gasteiger partial charge in [-0.25, -0.2) is 9.97 Å². The number of nitrogens with zero attached hydrogens (tertiary/aromatic N) is 2. The van der Waals surface area contributed by atoms with Crippen molar-refractivity contribution in [3.8, 4) is 28.4 Å². The van der Waals surface area contributed by atoms with Crippen LogP contribution < -0.4 is 0 Å². The monoisotopic (exact) mass is 318 g/mol. The molecule has 3 aromatic rings. The second kappa shape index (κ2) is 7.73.